The number of sulfonamides is 1. The van der Waals surface area contributed by atoms with Crippen molar-refractivity contribution in [1.29, 1.82) is 0 Å². The number of amides is 1. The number of carbonyl (C=O) groups excluding carboxylic acids is 1. The topological polar surface area (TPSA) is 66.5 Å². The number of hydrogen-bond acceptors (Lipinski definition) is 3. The summed E-state index contributed by atoms with van der Waals surface area (Å²) < 4.78 is 27.7. The zero-order valence-electron chi connectivity index (χ0n) is 16.2. The van der Waals surface area contributed by atoms with E-state index in [9.17, 15) is 13.2 Å². The summed E-state index contributed by atoms with van der Waals surface area (Å²) in [5.41, 5.74) is 1.43. The summed E-state index contributed by atoms with van der Waals surface area (Å²) in [6.45, 7) is 6.41. The average molecular weight is 389 g/mol. The number of rotatable bonds is 9. The molecule has 0 saturated carbocycles. The lowest BCUT2D eigenvalue weighted by Gasteiger charge is -2.26. The Bertz CT molecular complexity index is 849. The van der Waals surface area contributed by atoms with Gasteiger partial charge in [-0.3, -0.25) is 9.10 Å². The fraction of sp³-hybridized carbons (Fsp3) is 0.381. The molecule has 0 bridgehead atoms. The summed E-state index contributed by atoms with van der Waals surface area (Å²) in [6.07, 6.45) is 1.52. The first-order chi connectivity index (χ1) is 12.9. The van der Waals surface area contributed by atoms with Crippen molar-refractivity contribution in [3.05, 3.63) is 60.2 Å². The van der Waals surface area contributed by atoms with Crippen molar-refractivity contribution in [2.45, 2.75) is 38.5 Å². The van der Waals surface area contributed by atoms with Crippen LogP contribution >= 0.6 is 0 Å². The molecule has 0 aliphatic heterocycles. The molecular weight excluding hydrogens is 360 g/mol. The predicted octanol–water partition coefficient (Wildman–Crippen LogP) is 3.61. The highest BCUT2D eigenvalue weighted by atomic mass is 32.2. The van der Waals surface area contributed by atoms with Gasteiger partial charge in [0.05, 0.1) is 10.6 Å². The Morgan fingerprint density at radius 3 is 2.30 bits per heavy atom. The minimum absolute atomic E-state index is 0.172. The van der Waals surface area contributed by atoms with E-state index in [2.05, 4.69) is 19.2 Å². The van der Waals surface area contributed by atoms with Crippen molar-refractivity contribution in [2.24, 2.45) is 5.92 Å². The highest BCUT2D eigenvalue weighted by Gasteiger charge is 2.28. The van der Waals surface area contributed by atoms with E-state index < -0.39 is 10.0 Å². The van der Waals surface area contributed by atoms with E-state index in [0.29, 0.717) is 24.6 Å². The molecule has 2 aromatic carbocycles. The number of para-hydroxylation sites is 1. The second-order valence-electron chi connectivity index (χ2n) is 6.84. The van der Waals surface area contributed by atoms with Gasteiger partial charge in [-0.2, -0.15) is 0 Å². The zero-order valence-corrected chi connectivity index (χ0v) is 17.0. The minimum Gasteiger partial charge on any atom is -0.355 e. The smallest absolute Gasteiger partial charge is 0.264 e. The van der Waals surface area contributed by atoms with Gasteiger partial charge in [-0.25, -0.2) is 8.42 Å². The van der Waals surface area contributed by atoms with Crippen LogP contribution in [0, 0.1) is 5.92 Å². The van der Waals surface area contributed by atoms with Crippen LogP contribution in [0.1, 0.15) is 32.8 Å². The first-order valence-corrected chi connectivity index (χ1v) is 10.7. The summed E-state index contributed by atoms with van der Waals surface area (Å²) >= 11 is 0. The van der Waals surface area contributed by atoms with Crippen LogP contribution in [-0.2, 0) is 21.2 Å². The van der Waals surface area contributed by atoms with Gasteiger partial charge in [0.15, 0.2) is 0 Å². The lowest BCUT2D eigenvalue weighted by molar-refractivity contribution is -0.119. The monoisotopic (exact) mass is 388 g/mol. The maximum atomic E-state index is 13.3. The lowest BCUT2D eigenvalue weighted by Crippen LogP contribution is -2.41. The molecule has 1 amide bonds. The molecule has 2 aromatic rings. The van der Waals surface area contributed by atoms with Gasteiger partial charge >= 0.3 is 0 Å². The van der Waals surface area contributed by atoms with E-state index in [1.54, 1.807) is 42.5 Å². The Balaban J connectivity index is 2.36. The third kappa shape index (κ3) is 5.57. The van der Waals surface area contributed by atoms with Crippen LogP contribution in [0.3, 0.4) is 0 Å². The Morgan fingerprint density at radius 2 is 1.67 bits per heavy atom. The average Bonchev–Trinajstić information content (AvgIpc) is 2.66. The first-order valence-electron chi connectivity index (χ1n) is 9.28. The molecule has 0 spiro atoms. The molecule has 0 heterocycles. The quantitative estimate of drug-likeness (QED) is 0.714. The molecule has 0 atom stereocenters. The first kappa shape index (κ1) is 21.0. The van der Waals surface area contributed by atoms with Gasteiger partial charge in [-0.1, -0.05) is 57.2 Å². The van der Waals surface area contributed by atoms with E-state index in [0.717, 1.165) is 12.0 Å². The number of aryl methyl sites for hydroxylation is 1. The van der Waals surface area contributed by atoms with E-state index >= 15 is 0 Å². The van der Waals surface area contributed by atoms with Gasteiger partial charge in [0.2, 0.25) is 5.91 Å². The van der Waals surface area contributed by atoms with Crippen LogP contribution in [0.4, 0.5) is 5.69 Å². The zero-order chi connectivity index (χ0) is 19.9. The van der Waals surface area contributed by atoms with Crippen LogP contribution in [-0.4, -0.2) is 27.4 Å². The second kappa shape index (κ2) is 9.55. The van der Waals surface area contributed by atoms with E-state index in [1.807, 2.05) is 19.1 Å². The van der Waals surface area contributed by atoms with Crippen LogP contribution in [0.15, 0.2) is 59.5 Å². The Kier molecular flexibility index (Phi) is 7.42. The van der Waals surface area contributed by atoms with Crippen molar-refractivity contribution in [3.8, 4) is 0 Å². The molecular formula is C21H28N2O3S. The maximum Gasteiger partial charge on any atom is 0.264 e. The van der Waals surface area contributed by atoms with Crippen molar-refractivity contribution < 1.29 is 13.2 Å². The predicted molar refractivity (Wildman–Crippen MR) is 109 cm³/mol. The van der Waals surface area contributed by atoms with Crippen LogP contribution in [0.25, 0.3) is 0 Å². The van der Waals surface area contributed by atoms with Crippen LogP contribution < -0.4 is 9.62 Å². The van der Waals surface area contributed by atoms with Gasteiger partial charge < -0.3 is 5.32 Å². The van der Waals surface area contributed by atoms with Crippen molar-refractivity contribution >= 4 is 21.6 Å². The third-order valence-corrected chi connectivity index (χ3v) is 6.08. The van der Waals surface area contributed by atoms with Crippen molar-refractivity contribution in [3.63, 3.8) is 0 Å². The fourth-order valence-corrected chi connectivity index (χ4v) is 4.24. The maximum absolute atomic E-state index is 13.3. The molecule has 27 heavy (non-hydrogen) atoms. The fourth-order valence-electron chi connectivity index (χ4n) is 2.76. The van der Waals surface area contributed by atoms with Crippen LogP contribution in [0.2, 0.25) is 0 Å². The van der Waals surface area contributed by atoms with Gasteiger partial charge in [0.1, 0.15) is 6.54 Å². The van der Waals surface area contributed by atoms with E-state index in [1.165, 1.54) is 4.31 Å². The standard InChI is InChI=1S/C21H28N2O3S/c1-4-18-10-8-9-13-20(18)23(16-21(24)22-15-14-17(2)3)27(25,26)19-11-6-5-7-12-19/h5-13,17H,4,14-16H2,1-3H3,(H,22,24). The highest BCUT2D eigenvalue weighted by molar-refractivity contribution is 7.92. The normalized spacial score (nSPS) is 11.4. The van der Waals surface area contributed by atoms with Gasteiger partial charge in [-0.05, 0) is 42.5 Å². The molecule has 5 nitrogen and oxygen atoms in total. The summed E-state index contributed by atoms with van der Waals surface area (Å²) in [4.78, 5) is 12.6. The molecule has 2 rings (SSSR count). The second-order valence-corrected chi connectivity index (χ2v) is 8.70. The number of carbonyl (C=O) groups is 1. The molecule has 6 heteroatoms. The molecule has 0 saturated heterocycles. The Morgan fingerprint density at radius 1 is 1.04 bits per heavy atom. The molecule has 1 N–H and O–H groups in total. The highest BCUT2D eigenvalue weighted by Crippen LogP contribution is 2.27. The summed E-state index contributed by atoms with van der Waals surface area (Å²) in [5.74, 6) is 0.163. The number of anilines is 1. The minimum atomic E-state index is -3.85. The number of nitrogens with zero attached hydrogens (tertiary/aromatic N) is 1. The summed E-state index contributed by atoms with van der Waals surface area (Å²) in [5, 5.41) is 2.83. The molecule has 0 aliphatic rings. The van der Waals surface area contributed by atoms with Crippen molar-refractivity contribution in [2.75, 3.05) is 17.4 Å². The number of hydrogen-bond donors (Lipinski definition) is 1. The third-order valence-electron chi connectivity index (χ3n) is 4.30. The van der Waals surface area contributed by atoms with Crippen LogP contribution in [0.5, 0.6) is 0 Å². The van der Waals surface area contributed by atoms with Crippen molar-refractivity contribution in [1.82, 2.24) is 5.32 Å². The summed E-state index contributed by atoms with van der Waals surface area (Å²) in [7, 11) is -3.85. The van der Waals surface area contributed by atoms with Gasteiger partial charge in [-0.15, -0.1) is 0 Å². The van der Waals surface area contributed by atoms with Gasteiger partial charge in [0.25, 0.3) is 10.0 Å². The molecule has 0 aromatic heterocycles. The lowest BCUT2D eigenvalue weighted by atomic mass is 10.1. The number of benzene rings is 2. The Hall–Kier alpha value is -2.34. The number of nitrogens with one attached hydrogen (secondary N) is 1. The van der Waals surface area contributed by atoms with E-state index in [4.69, 9.17) is 0 Å². The molecule has 0 aliphatic carbocycles. The molecule has 146 valence electrons. The van der Waals surface area contributed by atoms with E-state index in [-0.39, 0.29) is 17.3 Å². The largest absolute Gasteiger partial charge is 0.355 e. The van der Waals surface area contributed by atoms with Gasteiger partial charge in [0, 0.05) is 6.54 Å². The summed E-state index contributed by atoms with van der Waals surface area (Å²) in [6, 6.07) is 15.5. The molecule has 0 unspecified atom stereocenters. The Labute approximate surface area is 162 Å². The molecule has 0 fully saturated rings. The molecule has 0 radical (unpaired) electrons. The SMILES string of the molecule is CCc1ccccc1N(CC(=O)NCCC(C)C)S(=O)(=O)c1ccccc1.